The van der Waals surface area contributed by atoms with Gasteiger partial charge in [-0.1, -0.05) is 16.7 Å². The predicted molar refractivity (Wildman–Crippen MR) is 87.8 cm³/mol. The first kappa shape index (κ1) is 17.9. The normalized spacial score (nSPS) is 11.5. The molecule has 0 bridgehead atoms. The van der Waals surface area contributed by atoms with Crippen LogP contribution in [-0.2, 0) is 6.18 Å². The van der Waals surface area contributed by atoms with Crippen LogP contribution < -0.4 is 9.64 Å². The van der Waals surface area contributed by atoms with Crippen LogP contribution in [0.2, 0.25) is 5.02 Å². The van der Waals surface area contributed by atoms with Gasteiger partial charge < -0.3 is 9.64 Å². The monoisotopic (exact) mass is 384 g/mol. The maximum Gasteiger partial charge on any atom is 0.417 e. The molecule has 26 heavy (non-hydrogen) atoms. The highest BCUT2D eigenvalue weighted by molar-refractivity contribution is 6.31. The van der Waals surface area contributed by atoms with E-state index in [4.69, 9.17) is 16.3 Å². The van der Waals surface area contributed by atoms with Crippen LogP contribution in [0, 0.1) is 0 Å². The average Bonchev–Trinajstić information content (AvgIpc) is 3.06. The van der Waals surface area contributed by atoms with Gasteiger partial charge in [-0.05, 0) is 40.8 Å². The summed E-state index contributed by atoms with van der Waals surface area (Å²) in [6, 6.07) is 7.36. The minimum absolute atomic E-state index is 0.121. The second-order valence-electron chi connectivity index (χ2n) is 5.39. The Morgan fingerprint density at radius 2 is 1.85 bits per heavy atom. The highest BCUT2D eigenvalue weighted by Crippen LogP contribution is 2.34. The molecule has 2 aromatic heterocycles. The maximum absolute atomic E-state index is 12.6. The number of pyridine rings is 1. The largest absolute Gasteiger partial charge is 0.438 e. The number of rotatable bonds is 4. The zero-order valence-electron chi connectivity index (χ0n) is 13.6. The number of aromatic nitrogens is 5. The molecule has 3 rings (SSSR count). The van der Waals surface area contributed by atoms with E-state index in [1.54, 1.807) is 43.3 Å². The van der Waals surface area contributed by atoms with E-state index >= 15 is 0 Å². The van der Waals surface area contributed by atoms with E-state index in [0.29, 0.717) is 23.6 Å². The summed E-state index contributed by atoms with van der Waals surface area (Å²) >= 11 is 5.83. The molecule has 0 N–H and O–H groups in total. The fourth-order valence-electron chi connectivity index (χ4n) is 2.05. The number of anilines is 1. The van der Waals surface area contributed by atoms with Crippen molar-refractivity contribution in [2.75, 3.05) is 19.0 Å². The van der Waals surface area contributed by atoms with Crippen LogP contribution in [0.1, 0.15) is 5.56 Å². The molecule has 0 aliphatic carbocycles. The summed E-state index contributed by atoms with van der Waals surface area (Å²) in [7, 11) is 3.61. The van der Waals surface area contributed by atoms with Crippen LogP contribution in [0.15, 0.2) is 36.5 Å². The zero-order chi connectivity index (χ0) is 18.9. The summed E-state index contributed by atoms with van der Waals surface area (Å²) in [4.78, 5) is 5.38. The fourth-order valence-corrected chi connectivity index (χ4v) is 2.26. The molecule has 1 aromatic carbocycles. The fraction of sp³-hybridized carbons (Fsp3) is 0.200. The van der Waals surface area contributed by atoms with Gasteiger partial charge in [0.1, 0.15) is 10.8 Å². The Morgan fingerprint density at radius 3 is 2.42 bits per heavy atom. The number of hydrogen-bond acceptors (Lipinski definition) is 6. The summed E-state index contributed by atoms with van der Waals surface area (Å²) in [6.07, 6.45) is -3.85. The Labute approximate surface area is 151 Å². The number of ether oxygens (including phenoxy) is 1. The molecule has 0 aliphatic heterocycles. The second kappa shape index (κ2) is 6.79. The molecular formula is C15H12ClF3N6O. The van der Waals surface area contributed by atoms with E-state index < -0.39 is 11.7 Å². The minimum atomic E-state index is -4.52. The van der Waals surface area contributed by atoms with Crippen molar-refractivity contribution in [1.82, 2.24) is 25.2 Å². The Morgan fingerprint density at radius 1 is 1.15 bits per heavy atom. The summed E-state index contributed by atoms with van der Waals surface area (Å²) < 4.78 is 44.9. The van der Waals surface area contributed by atoms with Crippen LogP contribution in [0.3, 0.4) is 0 Å². The van der Waals surface area contributed by atoms with Crippen molar-refractivity contribution in [2.24, 2.45) is 0 Å². The molecule has 0 amide bonds. The quantitative estimate of drug-likeness (QED) is 0.684. The lowest BCUT2D eigenvalue weighted by Crippen LogP contribution is -2.15. The third-order valence-corrected chi connectivity index (χ3v) is 3.55. The maximum atomic E-state index is 12.6. The smallest absolute Gasteiger partial charge is 0.417 e. The van der Waals surface area contributed by atoms with Gasteiger partial charge in [0.15, 0.2) is 0 Å². The van der Waals surface area contributed by atoms with Gasteiger partial charge in [0.2, 0.25) is 11.8 Å². The first-order valence-corrected chi connectivity index (χ1v) is 7.60. The standard InChI is InChI=1S/C15H12ClF3N6O/c1-24(2)14-21-22-23-25(14)10-3-5-11(6-4-10)26-13-12(16)7-9(8-20-13)15(17,18)19/h3-8H,1-2H3. The first-order valence-electron chi connectivity index (χ1n) is 7.22. The van der Waals surface area contributed by atoms with Crippen molar-refractivity contribution in [3.05, 3.63) is 47.1 Å². The highest BCUT2D eigenvalue weighted by atomic mass is 35.5. The molecule has 0 aliphatic rings. The van der Waals surface area contributed by atoms with Gasteiger partial charge in [-0.3, -0.25) is 0 Å². The molecule has 7 nitrogen and oxygen atoms in total. The predicted octanol–water partition coefficient (Wildman–Crippen LogP) is 3.59. The molecule has 11 heteroatoms. The molecule has 136 valence electrons. The van der Waals surface area contributed by atoms with Crippen molar-refractivity contribution in [3.63, 3.8) is 0 Å². The Hall–Kier alpha value is -2.88. The zero-order valence-corrected chi connectivity index (χ0v) is 14.3. The summed E-state index contributed by atoms with van der Waals surface area (Å²) in [5.41, 5.74) is -0.266. The van der Waals surface area contributed by atoms with Gasteiger partial charge >= 0.3 is 6.18 Å². The van der Waals surface area contributed by atoms with Gasteiger partial charge in [0.05, 0.1) is 11.3 Å². The molecule has 0 atom stereocenters. The number of hydrogen-bond donors (Lipinski definition) is 0. The van der Waals surface area contributed by atoms with Gasteiger partial charge in [0.25, 0.3) is 0 Å². The van der Waals surface area contributed by atoms with E-state index in [1.807, 2.05) is 0 Å². The average molecular weight is 385 g/mol. The number of tetrazole rings is 1. The Bertz CT molecular complexity index is 910. The Kier molecular flexibility index (Phi) is 4.68. The number of halogens is 4. The summed E-state index contributed by atoms with van der Waals surface area (Å²) in [6.45, 7) is 0. The van der Waals surface area contributed by atoms with Crippen molar-refractivity contribution in [3.8, 4) is 17.3 Å². The van der Waals surface area contributed by atoms with Crippen molar-refractivity contribution >= 4 is 17.5 Å². The van der Waals surface area contributed by atoms with E-state index in [0.717, 1.165) is 6.07 Å². The number of nitrogens with zero attached hydrogens (tertiary/aromatic N) is 6. The van der Waals surface area contributed by atoms with Crippen molar-refractivity contribution < 1.29 is 17.9 Å². The molecule has 2 heterocycles. The van der Waals surface area contributed by atoms with Gasteiger partial charge in [-0.2, -0.15) is 17.9 Å². The molecule has 0 saturated heterocycles. The molecule has 3 aromatic rings. The third kappa shape index (κ3) is 3.69. The molecule has 0 spiro atoms. The second-order valence-corrected chi connectivity index (χ2v) is 5.80. The minimum Gasteiger partial charge on any atom is -0.438 e. The van der Waals surface area contributed by atoms with Gasteiger partial charge in [-0.25, -0.2) is 4.98 Å². The number of alkyl halides is 3. The van der Waals surface area contributed by atoms with Crippen LogP contribution in [0.5, 0.6) is 11.6 Å². The first-order chi connectivity index (χ1) is 12.3. The highest BCUT2D eigenvalue weighted by Gasteiger charge is 2.31. The van der Waals surface area contributed by atoms with Gasteiger partial charge in [-0.15, -0.1) is 0 Å². The van der Waals surface area contributed by atoms with Gasteiger partial charge in [0, 0.05) is 20.3 Å². The summed E-state index contributed by atoms with van der Waals surface area (Å²) in [5.74, 6) is 0.761. The molecular weight excluding hydrogens is 373 g/mol. The Balaban J connectivity index is 1.81. The van der Waals surface area contributed by atoms with Crippen LogP contribution in [0.4, 0.5) is 19.1 Å². The van der Waals surface area contributed by atoms with E-state index in [2.05, 4.69) is 20.5 Å². The van der Waals surface area contributed by atoms with Crippen LogP contribution >= 0.6 is 11.6 Å². The van der Waals surface area contributed by atoms with Crippen LogP contribution in [-0.4, -0.2) is 39.3 Å². The lowest BCUT2D eigenvalue weighted by Gasteiger charge is -2.12. The van der Waals surface area contributed by atoms with E-state index in [9.17, 15) is 13.2 Å². The van der Waals surface area contributed by atoms with E-state index in [1.165, 1.54) is 4.68 Å². The molecule has 0 radical (unpaired) electrons. The van der Waals surface area contributed by atoms with E-state index in [-0.39, 0.29) is 10.9 Å². The lowest BCUT2D eigenvalue weighted by atomic mass is 10.3. The summed E-state index contributed by atoms with van der Waals surface area (Å²) in [5, 5.41) is 11.2. The molecule has 0 fully saturated rings. The van der Waals surface area contributed by atoms with Crippen molar-refractivity contribution in [2.45, 2.75) is 6.18 Å². The SMILES string of the molecule is CN(C)c1nnnn1-c1ccc(Oc2ncc(C(F)(F)F)cc2Cl)cc1. The van der Waals surface area contributed by atoms with Crippen molar-refractivity contribution in [1.29, 1.82) is 0 Å². The molecule has 0 saturated carbocycles. The third-order valence-electron chi connectivity index (χ3n) is 3.28. The number of benzene rings is 1. The topological polar surface area (TPSA) is 69.0 Å². The molecule has 0 unspecified atom stereocenters. The lowest BCUT2D eigenvalue weighted by molar-refractivity contribution is -0.137. The van der Waals surface area contributed by atoms with Crippen LogP contribution in [0.25, 0.3) is 5.69 Å².